The Morgan fingerprint density at radius 1 is 1.43 bits per heavy atom. The zero-order chi connectivity index (χ0) is 17.0. The van der Waals surface area contributed by atoms with Crippen LogP contribution < -0.4 is 5.32 Å². The summed E-state index contributed by atoms with van der Waals surface area (Å²) in [6.07, 6.45) is -2.68. The molecule has 0 unspecified atom stereocenters. The third-order valence-electron chi connectivity index (χ3n) is 3.46. The van der Waals surface area contributed by atoms with E-state index in [1.165, 1.54) is 0 Å². The van der Waals surface area contributed by atoms with E-state index < -0.39 is 30.5 Å². The van der Waals surface area contributed by atoms with E-state index in [1.807, 2.05) is 18.4 Å². The Labute approximate surface area is 136 Å². The number of amides is 2. The van der Waals surface area contributed by atoms with E-state index in [2.05, 4.69) is 5.32 Å². The van der Waals surface area contributed by atoms with Crippen molar-refractivity contribution in [3.63, 3.8) is 0 Å². The number of hydrogen-bond acceptors (Lipinski definition) is 3. The minimum absolute atomic E-state index is 0.188. The summed E-state index contributed by atoms with van der Waals surface area (Å²) in [5.41, 5.74) is 1.62. The van der Waals surface area contributed by atoms with Crippen molar-refractivity contribution >= 4 is 29.3 Å². The van der Waals surface area contributed by atoms with Gasteiger partial charge in [-0.05, 0) is 24.0 Å². The fourth-order valence-corrected chi connectivity index (χ4v) is 2.98. The second-order valence-electron chi connectivity index (χ2n) is 5.41. The van der Waals surface area contributed by atoms with Crippen LogP contribution in [0.2, 0.25) is 0 Å². The fraction of sp³-hybridized carbons (Fsp3) is 0.467. The minimum atomic E-state index is -4.45. The molecule has 1 heterocycles. The molecule has 0 spiro atoms. The first-order valence-electron chi connectivity index (χ1n) is 7.02. The maximum atomic E-state index is 12.4. The predicted octanol–water partition coefficient (Wildman–Crippen LogP) is 2.90. The second kappa shape index (κ2) is 7.25. The largest absolute Gasteiger partial charge is 0.406 e. The van der Waals surface area contributed by atoms with Crippen molar-refractivity contribution < 1.29 is 22.8 Å². The smallest absolute Gasteiger partial charge is 0.333 e. The molecule has 0 bridgehead atoms. The van der Waals surface area contributed by atoms with E-state index in [0.29, 0.717) is 10.6 Å². The van der Waals surface area contributed by atoms with Crippen molar-refractivity contribution in [2.24, 2.45) is 5.92 Å². The maximum Gasteiger partial charge on any atom is 0.406 e. The topological polar surface area (TPSA) is 49.4 Å². The first-order valence-corrected chi connectivity index (χ1v) is 8.41. The Hall–Kier alpha value is -1.70. The standard InChI is InChI=1S/C15H17F3N2O2S/c1-23-8-10-3-2-4-12(5-10)19-14(22)11-6-13(21)20(7-11)9-15(16,17)18/h2-5,11H,6-9H2,1H3,(H,19,22)/t11-/m0/s1. The molecular weight excluding hydrogens is 329 g/mol. The van der Waals surface area contributed by atoms with Gasteiger partial charge in [-0.3, -0.25) is 9.59 Å². The molecule has 1 fully saturated rings. The number of alkyl halides is 3. The highest BCUT2D eigenvalue weighted by molar-refractivity contribution is 7.97. The number of benzene rings is 1. The molecule has 4 nitrogen and oxygen atoms in total. The van der Waals surface area contributed by atoms with Crippen LogP contribution in [-0.2, 0) is 15.3 Å². The molecule has 1 N–H and O–H groups in total. The Bertz CT molecular complexity index is 592. The van der Waals surface area contributed by atoms with Gasteiger partial charge >= 0.3 is 6.18 Å². The molecule has 126 valence electrons. The van der Waals surface area contributed by atoms with Crippen LogP contribution in [0.25, 0.3) is 0 Å². The molecule has 0 saturated carbocycles. The normalized spacial score (nSPS) is 18.3. The number of thioether (sulfide) groups is 1. The van der Waals surface area contributed by atoms with Crippen LogP contribution in [0.3, 0.4) is 0 Å². The minimum Gasteiger partial charge on any atom is -0.333 e. The molecule has 1 aromatic rings. The van der Waals surface area contributed by atoms with Gasteiger partial charge < -0.3 is 10.2 Å². The lowest BCUT2D eigenvalue weighted by Gasteiger charge is -2.18. The van der Waals surface area contributed by atoms with Gasteiger partial charge in [-0.2, -0.15) is 24.9 Å². The van der Waals surface area contributed by atoms with Gasteiger partial charge in [-0.25, -0.2) is 0 Å². The number of anilines is 1. The average Bonchev–Trinajstić information content (AvgIpc) is 2.79. The Morgan fingerprint density at radius 2 is 2.17 bits per heavy atom. The molecule has 1 aliphatic heterocycles. The molecule has 2 rings (SSSR count). The van der Waals surface area contributed by atoms with Crippen molar-refractivity contribution in [2.75, 3.05) is 24.7 Å². The van der Waals surface area contributed by atoms with E-state index in [0.717, 1.165) is 11.3 Å². The molecule has 1 aromatic carbocycles. The SMILES string of the molecule is CSCc1cccc(NC(=O)[C@H]2CC(=O)N(CC(F)(F)F)C2)c1. The highest BCUT2D eigenvalue weighted by atomic mass is 32.2. The molecule has 1 saturated heterocycles. The summed E-state index contributed by atoms with van der Waals surface area (Å²) in [5.74, 6) is -1.03. The van der Waals surface area contributed by atoms with Gasteiger partial charge in [0.05, 0.1) is 5.92 Å². The van der Waals surface area contributed by atoms with Crippen molar-refractivity contribution in [1.82, 2.24) is 4.90 Å². The highest BCUT2D eigenvalue weighted by Crippen LogP contribution is 2.25. The van der Waals surface area contributed by atoms with E-state index in [-0.39, 0.29) is 13.0 Å². The van der Waals surface area contributed by atoms with Gasteiger partial charge in [0.2, 0.25) is 11.8 Å². The first kappa shape index (κ1) is 17.7. The monoisotopic (exact) mass is 346 g/mol. The zero-order valence-corrected chi connectivity index (χ0v) is 13.3. The number of halogens is 3. The third-order valence-corrected chi connectivity index (χ3v) is 4.08. The summed E-state index contributed by atoms with van der Waals surface area (Å²) >= 11 is 1.64. The molecule has 0 aliphatic carbocycles. The van der Waals surface area contributed by atoms with Gasteiger partial charge in [0.15, 0.2) is 0 Å². The second-order valence-corrected chi connectivity index (χ2v) is 6.28. The van der Waals surface area contributed by atoms with Crippen LogP contribution in [0.1, 0.15) is 12.0 Å². The summed E-state index contributed by atoms with van der Waals surface area (Å²) < 4.78 is 37.1. The van der Waals surface area contributed by atoms with Gasteiger partial charge in [0.25, 0.3) is 0 Å². The molecule has 2 amide bonds. The Morgan fingerprint density at radius 3 is 2.83 bits per heavy atom. The quantitative estimate of drug-likeness (QED) is 0.892. The Balaban J connectivity index is 1.96. The highest BCUT2D eigenvalue weighted by Gasteiger charge is 2.40. The maximum absolute atomic E-state index is 12.4. The number of carbonyl (C=O) groups excluding carboxylic acids is 2. The summed E-state index contributed by atoms with van der Waals surface area (Å²) in [7, 11) is 0. The molecule has 1 atom stereocenters. The molecule has 1 aliphatic rings. The van der Waals surface area contributed by atoms with Gasteiger partial charge in [-0.15, -0.1) is 0 Å². The molecule has 23 heavy (non-hydrogen) atoms. The third kappa shape index (κ3) is 5.16. The predicted molar refractivity (Wildman–Crippen MR) is 83.0 cm³/mol. The number of hydrogen-bond donors (Lipinski definition) is 1. The van der Waals surface area contributed by atoms with Crippen LogP contribution in [0.15, 0.2) is 24.3 Å². The van der Waals surface area contributed by atoms with Gasteiger partial charge in [0, 0.05) is 24.4 Å². The first-order chi connectivity index (χ1) is 10.8. The van der Waals surface area contributed by atoms with E-state index in [9.17, 15) is 22.8 Å². The van der Waals surface area contributed by atoms with Crippen LogP contribution >= 0.6 is 11.8 Å². The molecular formula is C15H17F3N2O2S. The lowest BCUT2D eigenvalue weighted by atomic mass is 10.1. The number of nitrogens with zero attached hydrogens (tertiary/aromatic N) is 1. The van der Waals surface area contributed by atoms with Crippen molar-refractivity contribution in [2.45, 2.75) is 18.3 Å². The number of carbonyl (C=O) groups is 2. The van der Waals surface area contributed by atoms with Crippen LogP contribution in [0.5, 0.6) is 0 Å². The van der Waals surface area contributed by atoms with Crippen LogP contribution in [0.4, 0.5) is 18.9 Å². The Kier molecular flexibility index (Phi) is 5.56. The van der Waals surface area contributed by atoms with Crippen LogP contribution in [0, 0.1) is 5.92 Å². The van der Waals surface area contributed by atoms with Gasteiger partial charge in [0.1, 0.15) is 6.54 Å². The van der Waals surface area contributed by atoms with E-state index in [1.54, 1.807) is 23.9 Å². The van der Waals surface area contributed by atoms with Crippen LogP contribution in [-0.4, -0.2) is 42.2 Å². The summed E-state index contributed by atoms with van der Waals surface area (Å²) in [6, 6.07) is 7.26. The summed E-state index contributed by atoms with van der Waals surface area (Å²) in [4.78, 5) is 24.5. The lowest BCUT2D eigenvalue weighted by molar-refractivity contribution is -0.157. The number of likely N-dealkylation sites (tertiary alicyclic amines) is 1. The van der Waals surface area contributed by atoms with E-state index >= 15 is 0 Å². The molecule has 0 aromatic heterocycles. The number of rotatable bonds is 5. The van der Waals surface area contributed by atoms with Gasteiger partial charge in [-0.1, -0.05) is 12.1 Å². The molecule has 0 radical (unpaired) electrons. The van der Waals surface area contributed by atoms with Crippen molar-refractivity contribution in [1.29, 1.82) is 0 Å². The van der Waals surface area contributed by atoms with E-state index in [4.69, 9.17) is 0 Å². The van der Waals surface area contributed by atoms with Crippen molar-refractivity contribution in [3.05, 3.63) is 29.8 Å². The van der Waals surface area contributed by atoms with Crippen molar-refractivity contribution in [3.8, 4) is 0 Å². The fourth-order valence-electron chi connectivity index (χ4n) is 2.47. The number of nitrogens with one attached hydrogen (secondary N) is 1. The summed E-state index contributed by atoms with van der Waals surface area (Å²) in [5, 5.41) is 2.68. The lowest BCUT2D eigenvalue weighted by Crippen LogP contribution is -2.36. The molecule has 8 heteroatoms. The zero-order valence-electron chi connectivity index (χ0n) is 12.5. The average molecular weight is 346 g/mol. The summed E-state index contributed by atoms with van der Waals surface area (Å²) in [6.45, 7) is -1.51.